The monoisotopic (exact) mass is 614 g/mol. The average Bonchev–Trinajstić information content (AvgIpc) is 3.59. The van der Waals surface area contributed by atoms with Crippen LogP contribution in [0.4, 0.5) is 0 Å². The van der Waals surface area contributed by atoms with Crippen LogP contribution in [0.3, 0.4) is 0 Å². The fourth-order valence-electron chi connectivity index (χ4n) is 6.22. The molecule has 0 aliphatic carbocycles. The van der Waals surface area contributed by atoms with E-state index in [0.29, 0.717) is 18.5 Å². The predicted octanol–water partition coefficient (Wildman–Crippen LogP) is 7.64. The van der Waals surface area contributed by atoms with Gasteiger partial charge < -0.3 is 20.2 Å². The van der Waals surface area contributed by atoms with Crippen molar-refractivity contribution in [1.82, 2.24) is 19.9 Å². The zero-order valence-corrected chi connectivity index (χ0v) is 27.2. The number of H-pyrrole nitrogens is 2. The van der Waals surface area contributed by atoms with Crippen molar-refractivity contribution >= 4 is 56.3 Å². The first-order valence-corrected chi connectivity index (χ1v) is 14.6. The van der Waals surface area contributed by atoms with Crippen LogP contribution in [0.25, 0.3) is 44.4 Å². The van der Waals surface area contributed by atoms with E-state index >= 15 is 0 Å². The third-order valence-electron chi connectivity index (χ3n) is 8.69. The maximum Gasteiger partial charge on any atom is 0.303 e. The Morgan fingerprint density at radius 3 is 1.63 bits per heavy atom. The first-order chi connectivity index (χ1) is 20.0. The van der Waals surface area contributed by atoms with Gasteiger partial charge in [0.1, 0.15) is 0 Å². The summed E-state index contributed by atoms with van der Waals surface area (Å²) in [5.41, 5.74) is 15.4. The Morgan fingerprint density at radius 1 is 0.628 bits per heavy atom. The second-order valence-electron chi connectivity index (χ2n) is 11.2. The topological polar surface area (TPSA) is 132 Å². The summed E-state index contributed by atoms with van der Waals surface area (Å²) in [5, 5.41) is 18.9. The molecule has 0 amide bonds. The van der Waals surface area contributed by atoms with Crippen molar-refractivity contribution in [2.45, 2.75) is 80.1 Å². The van der Waals surface area contributed by atoms with E-state index in [2.05, 4.69) is 49.8 Å². The van der Waals surface area contributed by atoms with E-state index in [-0.39, 0.29) is 34.6 Å². The van der Waals surface area contributed by atoms with Gasteiger partial charge in [-0.25, -0.2) is 9.97 Å². The minimum absolute atomic E-state index is 0. The van der Waals surface area contributed by atoms with E-state index in [4.69, 9.17) is 9.97 Å². The van der Waals surface area contributed by atoms with Gasteiger partial charge in [0.15, 0.2) is 0 Å². The average molecular weight is 615 g/mol. The van der Waals surface area contributed by atoms with E-state index in [1.54, 1.807) is 0 Å². The summed E-state index contributed by atoms with van der Waals surface area (Å²) < 4.78 is 0. The molecule has 0 unspecified atom stereocenters. The number of nitrogens with one attached hydrogen (secondary N) is 2. The Kier molecular flexibility index (Phi) is 9.62. The van der Waals surface area contributed by atoms with Crippen LogP contribution < -0.4 is 0 Å². The zero-order chi connectivity index (χ0) is 30.3. The molecule has 2 aliphatic heterocycles. The van der Waals surface area contributed by atoms with Crippen LogP contribution in [0, 0.1) is 13.8 Å². The molecule has 8 nitrogen and oxygen atoms in total. The Balaban J connectivity index is 0.00000423. The minimum atomic E-state index is -0.864. The van der Waals surface area contributed by atoms with E-state index < -0.39 is 11.9 Å². The van der Waals surface area contributed by atoms with Crippen molar-refractivity contribution in [3.05, 3.63) is 69.3 Å². The zero-order valence-electron chi connectivity index (χ0n) is 25.7. The molecular formula is C34H38N4O4Ti. The molecule has 3 aromatic rings. The number of aromatic amines is 2. The number of rotatable bonds is 8. The molecular weight excluding hydrogens is 576 g/mol. The van der Waals surface area contributed by atoms with Gasteiger partial charge in [0, 0.05) is 56.6 Å². The summed E-state index contributed by atoms with van der Waals surface area (Å²) in [4.78, 5) is 40.3. The van der Waals surface area contributed by atoms with Crippen molar-refractivity contribution in [2.75, 3.05) is 0 Å². The van der Waals surface area contributed by atoms with Gasteiger partial charge in [-0.15, -0.1) is 0 Å². The summed E-state index contributed by atoms with van der Waals surface area (Å²) in [6.07, 6.45) is 2.39. The fourth-order valence-corrected chi connectivity index (χ4v) is 6.22. The molecule has 222 valence electrons. The van der Waals surface area contributed by atoms with Gasteiger partial charge in [0.25, 0.3) is 0 Å². The normalized spacial score (nSPS) is 13.0. The molecule has 5 rings (SSSR count). The van der Waals surface area contributed by atoms with E-state index in [1.807, 2.05) is 26.0 Å². The van der Waals surface area contributed by atoms with Crippen molar-refractivity contribution < 1.29 is 41.5 Å². The molecule has 9 heteroatoms. The Hall–Kier alpha value is -3.75. The van der Waals surface area contributed by atoms with E-state index in [9.17, 15) is 19.8 Å². The molecule has 0 saturated heterocycles. The Morgan fingerprint density at radius 2 is 1.07 bits per heavy atom. The van der Waals surface area contributed by atoms with Gasteiger partial charge in [0.05, 0.1) is 22.8 Å². The molecule has 0 spiro atoms. The summed E-state index contributed by atoms with van der Waals surface area (Å²) in [7, 11) is 0. The van der Waals surface area contributed by atoms with Crippen LogP contribution in [0.15, 0.2) is 24.3 Å². The quantitative estimate of drug-likeness (QED) is 0.193. The summed E-state index contributed by atoms with van der Waals surface area (Å²) in [6, 6.07) is 8.19. The minimum Gasteiger partial charge on any atom is -0.481 e. The Labute approximate surface area is 266 Å². The molecule has 0 aromatic carbocycles. The van der Waals surface area contributed by atoms with Gasteiger partial charge in [-0.2, -0.15) is 0 Å². The SMILES string of the molecule is CCC1=C(C)c2cc3[nH]c(cc4nc(cc5[nH]c(cc1n2)c(C)c5CCC(=O)O)C(CCC(=O)O)=C4C)c(C)c3CC.[Ti]. The predicted molar refractivity (Wildman–Crippen MR) is 168 cm³/mol. The number of carbonyl (C=O) groups is 2. The molecule has 43 heavy (non-hydrogen) atoms. The maximum absolute atomic E-state index is 11.5. The van der Waals surface area contributed by atoms with Crippen LogP contribution in [0.2, 0.25) is 0 Å². The molecule has 0 radical (unpaired) electrons. The number of nitrogens with zero attached hydrogens (tertiary/aromatic N) is 2. The number of aromatic nitrogens is 4. The third kappa shape index (κ3) is 6.17. The number of fused-ring (bicyclic) bond motifs is 8. The molecule has 4 N–H and O–H groups in total. The van der Waals surface area contributed by atoms with E-state index in [1.165, 1.54) is 11.1 Å². The van der Waals surface area contributed by atoms with Gasteiger partial charge >= 0.3 is 11.9 Å². The number of carboxylic acid groups (broad SMARTS) is 2. The number of carboxylic acids is 2. The van der Waals surface area contributed by atoms with Gasteiger partial charge in [0.2, 0.25) is 0 Å². The summed E-state index contributed by atoms with van der Waals surface area (Å²) in [6.45, 7) is 12.5. The molecule has 3 aromatic heterocycles. The molecule has 0 fully saturated rings. The van der Waals surface area contributed by atoms with Crippen LogP contribution in [0.5, 0.6) is 0 Å². The van der Waals surface area contributed by atoms with Crippen LogP contribution in [-0.2, 0) is 44.1 Å². The number of allylic oxidation sites excluding steroid dienone is 4. The van der Waals surface area contributed by atoms with E-state index in [0.717, 1.165) is 85.4 Å². The first-order valence-electron chi connectivity index (χ1n) is 14.6. The third-order valence-corrected chi connectivity index (χ3v) is 8.69. The molecule has 0 atom stereocenters. The molecule has 2 aliphatic rings. The molecule has 0 saturated carbocycles. The smallest absolute Gasteiger partial charge is 0.303 e. The van der Waals surface area contributed by atoms with Crippen LogP contribution >= 0.6 is 0 Å². The van der Waals surface area contributed by atoms with Crippen LogP contribution in [0.1, 0.15) is 98.4 Å². The van der Waals surface area contributed by atoms with Crippen molar-refractivity contribution in [3.8, 4) is 0 Å². The summed E-state index contributed by atoms with van der Waals surface area (Å²) in [5.74, 6) is -1.72. The van der Waals surface area contributed by atoms with Gasteiger partial charge in [-0.05, 0) is 122 Å². The Bertz CT molecular complexity index is 1860. The number of hydrogen-bond acceptors (Lipinski definition) is 4. The largest absolute Gasteiger partial charge is 0.481 e. The summed E-state index contributed by atoms with van der Waals surface area (Å²) >= 11 is 0. The standard InChI is InChI=1S/C34H38N4O4.Ti/c1-7-21-17(3)25-13-26-19(5)23(9-11-33(39)40)31(37-26)16-32-24(10-12-34(41)42)20(6)28(38-32)15-30-22(8-2)18(4)27(36-30)14-29(21)35-25;/h13-16,35,38H,7-12H2,1-6H3,(H,39,40)(H,41,42);. The van der Waals surface area contributed by atoms with Gasteiger partial charge in [-0.3, -0.25) is 9.59 Å². The second-order valence-corrected chi connectivity index (χ2v) is 11.2. The number of hydrogen-bond donors (Lipinski definition) is 4. The number of aryl methyl sites for hydroxylation is 4. The van der Waals surface area contributed by atoms with Crippen molar-refractivity contribution in [1.29, 1.82) is 0 Å². The van der Waals surface area contributed by atoms with Gasteiger partial charge in [-0.1, -0.05) is 13.8 Å². The number of aliphatic carboxylic acids is 2. The van der Waals surface area contributed by atoms with Crippen molar-refractivity contribution in [2.24, 2.45) is 0 Å². The first kappa shape index (κ1) is 32.2. The molecule has 8 bridgehead atoms. The fraction of sp³-hybridized carbons (Fsp3) is 0.353. The van der Waals surface area contributed by atoms with Crippen LogP contribution in [-0.4, -0.2) is 42.1 Å². The molecule has 5 heterocycles. The second kappa shape index (κ2) is 12.9. The maximum atomic E-state index is 11.5. The van der Waals surface area contributed by atoms with Crippen molar-refractivity contribution in [3.63, 3.8) is 0 Å².